The van der Waals surface area contributed by atoms with E-state index in [1.54, 1.807) is 30.6 Å². The molecule has 164 valence electrons. The Morgan fingerprint density at radius 2 is 1.97 bits per heavy atom. The van der Waals surface area contributed by atoms with E-state index in [9.17, 15) is 19.7 Å². The minimum Gasteiger partial charge on any atom is -0.371 e. The predicted molar refractivity (Wildman–Crippen MR) is 119 cm³/mol. The summed E-state index contributed by atoms with van der Waals surface area (Å²) in [5.41, 5.74) is 1.46. The number of rotatable bonds is 9. The van der Waals surface area contributed by atoms with Gasteiger partial charge in [0.2, 0.25) is 5.91 Å². The van der Waals surface area contributed by atoms with Crippen LogP contribution in [0, 0.1) is 10.1 Å². The van der Waals surface area contributed by atoms with Crippen LogP contribution in [-0.2, 0) is 4.79 Å². The Kier molecular flexibility index (Phi) is 7.42. The monoisotopic (exact) mass is 434 g/mol. The summed E-state index contributed by atoms with van der Waals surface area (Å²) < 4.78 is 0. The second-order valence-corrected chi connectivity index (χ2v) is 6.91. The van der Waals surface area contributed by atoms with E-state index in [-0.39, 0.29) is 41.9 Å². The van der Waals surface area contributed by atoms with Gasteiger partial charge in [-0.1, -0.05) is 6.07 Å². The van der Waals surface area contributed by atoms with Gasteiger partial charge in [-0.2, -0.15) is 0 Å². The second kappa shape index (κ2) is 10.6. The minimum atomic E-state index is -0.550. The molecule has 0 saturated heterocycles. The standard InChI is InChI=1S/C22H22N6O4/c1-15(18-6-2-3-11-24-18)26-19-8-7-16(13-20(19)28(31)32)22(30)25-12-9-21(29)27-17-5-4-10-23-14-17/h2-8,10-11,13-15,26H,9,12H2,1H3,(H,25,30)(H,27,29). The number of nitro benzene ring substituents is 1. The van der Waals surface area contributed by atoms with Crippen LogP contribution >= 0.6 is 0 Å². The van der Waals surface area contributed by atoms with Crippen molar-refractivity contribution in [3.63, 3.8) is 0 Å². The SMILES string of the molecule is CC(Nc1ccc(C(=O)NCCC(=O)Nc2cccnc2)cc1[N+](=O)[O-])c1ccccn1. The van der Waals surface area contributed by atoms with Crippen LogP contribution in [0.2, 0.25) is 0 Å². The second-order valence-electron chi connectivity index (χ2n) is 6.91. The fourth-order valence-corrected chi connectivity index (χ4v) is 2.94. The Balaban J connectivity index is 1.60. The molecule has 2 aromatic heterocycles. The molecule has 1 aromatic carbocycles. The van der Waals surface area contributed by atoms with Crippen LogP contribution in [0.3, 0.4) is 0 Å². The summed E-state index contributed by atoms with van der Waals surface area (Å²) in [5, 5.41) is 19.9. The molecule has 0 saturated carbocycles. The van der Waals surface area contributed by atoms with Gasteiger partial charge in [0.05, 0.1) is 28.5 Å². The molecule has 32 heavy (non-hydrogen) atoms. The maximum Gasteiger partial charge on any atom is 0.293 e. The number of nitro groups is 1. The molecule has 2 heterocycles. The number of pyridine rings is 2. The molecule has 3 aromatic rings. The summed E-state index contributed by atoms with van der Waals surface area (Å²) in [7, 11) is 0. The van der Waals surface area contributed by atoms with Crippen LogP contribution in [-0.4, -0.2) is 33.3 Å². The van der Waals surface area contributed by atoms with Crippen LogP contribution < -0.4 is 16.0 Å². The van der Waals surface area contributed by atoms with Crippen LogP contribution in [0.5, 0.6) is 0 Å². The first kappa shape index (κ1) is 22.3. The van der Waals surface area contributed by atoms with Crippen molar-refractivity contribution < 1.29 is 14.5 Å². The van der Waals surface area contributed by atoms with Gasteiger partial charge in [-0.05, 0) is 43.3 Å². The summed E-state index contributed by atoms with van der Waals surface area (Å²) >= 11 is 0. The van der Waals surface area contributed by atoms with Gasteiger partial charge < -0.3 is 16.0 Å². The van der Waals surface area contributed by atoms with E-state index in [0.29, 0.717) is 5.69 Å². The molecule has 0 aliphatic heterocycles. The lowest BCUT2D eigenvalue weighted by atomic mass is 10.1. The van der Waals surface area contributed by atoms with E-state index in [0.717, 1.165) is 5.69 Å². The number of carbonyl (C=O) groups is 2. The van der Waals surface area contributed by atoms with E-state index in [1.165, 1.54) is 24.4 Å². The number of carbonyl (C=O) groups excluding carboxylic acids is 2. The number of benzene rings is 1. The molecule has 3 N–H and O–H groups in total. The molecule has 3 rings (SSSR count). The normalized spacial score (nSPS) is 11.3. The smallest absolute Gasteiger partial charge is 0.293 e. The van der Waals surface area contributed by atoms with Gasteiger partial charge in [0.1, 0.15) is 5.69 Å². The van der Waals surface area contributed by atoms with Gasteiger partial charge in [-0.15, -0.1) is 0 Å². The number of anilines is 2. The van der Waals surface area contributed by atoms with Crippen LogP contribution in [0.25, 0.3) is 0 Å². The third-order valence-corrected chi connectivity index (χ3v) is 4.54. The summed E-state index contributed by atoms with van der Waals surface area (Å²) in [6.07, 6.45) is 4.80. The number of hydrogen-bond donors (Lipinski definition) is 3. The lowest BCUT2D eigenvalue weighted by Crippen LogP contribution is -2.27. The summed E-state index contributed by atoms with van der Waals surface area (Å²) in [5.74, 6) is -0.793. The fraction of sp³-hybridized carbons (Fsp3) is 0.182. The first-order valence-electron chi connectivity index (χ1n) is 9.88. The molecule has 10 nitrogen and oxygen atoms in total. The average molecular weight is 434 g/mol. The average Bonchev–Trinajstić information content (AvgIpc) is 2.80. The van der Waals surface area contributed by atoms with Crippen molar-refractivity contribution in [2.45, 2.75) is 19.4 Å². The quantitative estimate of drug-likeness (QED) is 0.347. The van der Waals surface area contributed by atoms with E-state index >= 15 is 0 Å². The topological polar surface area (TPSA) is 139 Å². The molecule has 1 atom stereocenters. The number of aromatic nitrogens is 2. The van der Waals surface area contributed by atoms with Crippen molar-refractivity contribution in [2.24, 2.45) is 0 Å². The molecule has 0 fully saturated rings. The zero-order valence-electron chi connectivity index (χ0n) is 17.3. The lowest BCUT2D eigenvalue weighted by Gasteiger charge is -2.15. The summed E-state index contributed by atoms with van der Waals surface area (Å²) in [6.45, 7) is 1.92. The summed E-state index contributed by atoms with van der Waals surface area (Å²) in [4.78, 5) is 43.5. The molecule has 0 aliphatic carbocycles. The Hall–Kier alpha value is -4.34. The molecule has 10 heteroatoms. The van der Waals surface area contributed by atoms with E-state index in [4.69, 9.17) is 0 Å². The zero-order chi connectivity index (χ0) is 22.9. The molecular formula is C22H22N6O4. The summed E-state index contributed by atoms with van der Waals surface area (Å²) in [6, 6.07) is 12.7. The van der Waals surface area contributed by atoms with Gasteiger partial charge in [0, 0.05) is 37.0 Å². The van der Waals surface area contributed by atoms with Gasteiger partial charge in [0.15, 0.2) is 0 Å². The first-order valence-corrected chi connectivity index (χ1v) is 9.88. The van der Waals surface area contributed by atoms with Crippen LogP contribution in [0.4, 0.5) is 17.1 Å². The molecule has 2 amide bonds. The van der Waals surface area contributed by atoms with Gasteiger partial charge >= 0.3 is 0 Å². The van der Waals surface area contributed by atoms with Gasteiger partial charge in [0.25, 0.3) is 11.6 Å². The van der Waals surface area contributed by atoms with Crippen molar-refractivity contribution in [1.82, 2.24) is 15.3 Å². The molecule has 0 spiro atoms. The fourth-order valence-electron chi connectivity index (χ4n) is 2.94. The van der Waals surface area contributed by atoms with E-state index < -0.39 is 10.8 Å². The van der Waals surface area contributed by atoms with Gasteiger partial charge in [-0.3, -0.25) is 29.7 Å². The number of hydrogen-bond acceptors (Lipinski definition) is 7. The Morgan fingerprint density at radius 1 is 1.12 bits per heavy atom. The van der Waals surface area contributed by atoms with Crippen molar-refractivity contribution in [3.8, 4) is 0 Å². The third kappa shape index (κ3) is 6.08. The first-order chi connectivity index (χ1) is 15.4. The molecule has 1 unspecified atom stereocenters. The largest absolute Gasteiger partial charge is 0.371 e. The highest BCUT2D eigenvalue weighted by Crippen LogP contribution is 2.28. The highest BCUT2D eigenvalue weighted by molar-refractivity contribution is 5.96. The zero-order valence-corrected chi connectivity index (χ0v) is 17.3. The van der Waals surface area contributed by atoms with Crippen LogP contribution in [0.15, 0.2) is 67.1 Å². The van der Waals surface area contributed by atoms with Crippen molar-refractivity contribution in [1.29, 1.82) is 0 Å². The van der Waals surface area contributed by atoms with Gasteiger partial charge in [-0.25, -0.2) is 0 Å². The van der Waals surface area contributed by atoms with Crippen molar-refractivity contribution >= 4 is 28.9 Å². The molecule has 0 bridgehead atoms. The number of nitrogens with one attached hydrogen (secondary N) is 3. The number of amides is 2. The predicted octanol–water partition coefficient (Wildman–Crippen LogP) is 3.32. The third-order valence-electron chi connectivity index (χ3n) is 4.54. The van der Waals surface area contributed by atoms with E-state index in [2.05, 4.69) is 25.9 Å². The Bertz CT molecular complexity index is 1090. The molecular weight excluding hydrogens is 412 g/mol. The highest BCUT2D eigenvalue weighted by Gasteiger charge is 2.19. The molecule has 0 aliphatic rings. The highest BCUT2D eigenvalue weighted by atomic mass is 16.6. The van der Waals surface area contributed by atoms with E-state index in [1.807, 2.05) is 19.1 Å². The Labute approximate surface area is 184 Å². The Morgan fingerprint density at radius 3 is 2.66 bits per heavy atom. The van der Waals surface area contributed by atoms with Crippen LogP contribution in [0.1, 0.15) is 35.4 Å². The maximum atomic E-state index is 12.4. The lowest BCUT2D eigenvalue weighted by molar-refractivity contribution is -0.384. The van der Waals surface area contributed by atoms with Crippen molar-refractivity contribution in [3.05, 3.63) is 88.5 Å². The molecule has 0 radical (unpaired) electrons. The minimum absolute atomic E-state index is 0.0456. The maximum absolute atomic E-state index is 12.4. The van der Waals surface area contributed by atoms with Crippen molar-refractivity contribution in [2.75, 3.05) is 17.2 Å². The number of nitrogens with zero attached hydrogens (tertiary/aromatic N) is 3.